The molecule has 0 bridgehead atoms. The molecule has 0 aromatic carbocycles. The van der Waals surface area contributed by atoms with Crippen molar-refractivity contribution in [2.75, 3.05) is 6.54 Å². The standard InChI is InChI=1S/C10H17N7S.ClH/c1-3-17-7-12-13-9(17)6-18-10-15-14-8(4-5-11)16(10)2;/h7H,3-6,11H2,1-2H3;1H. The smallest absolute Gasteiger partial charge is 0.191 e. The van der Waals surface area contributed by atoms with Gasteiger partial charge in [0.25, 0.3) is 0 Å². The first kappa shape index (κ1) is 15.9. The fraction of sp³-hybridized carbons (Fsp3) is 0.600. The van der Waals surface area contributed by atoms with Gasteiger partial charge in [0.15, 0.2) is 5.16 Å². The molecule has 2 heterocycles. The molecule has 9 heteroatoms. The van der Waals surface area contributed by atoms with Crippen LogP contribution in [0, 0.1) is 0 Å². The van der Waals surface area contributed by atoms with Crippen LogP contribution in [0.25, 0.3) is 0 Å². The SMILES string of the molecule is CCn1cnnc1CSc1nnc(CCN)n1C.Cl. The van der Waals surface area contributed by atoms with Gasteiger partial charge in [-0.1, -0.05) is 11.8 Å². The summed E-state index contributed by atoms with van der Waals surface area (Å²) in [4.78, 5) is 0. The number of aryl methyl sites for hydroxylation is 1. The summed E-state index contributed by atoms with van der Waals surface area (Å²) in [7, 11) is 1.96. The fourth-order valence-corrected chi connectivity index (χ4v) is 2.48. The maximum Gasteiger partial charge on any atom is 0.191 e. The molecule has 19 heavy (non-hydrogen) atoms. The van der Waals surface area contributed by atoms with Crippen molar-refractivity contribution in [3.05, 3.63) is 18.0 Å². The number of aromatic nitrogens is 6. The highest BCUT2D eigenvalue weighted by Crippen LogP contribution is 2.19. The molecule has 0 aliphatic rings. The van der Waals surface area contributed by atoms with Gasteiger partial charge in [0.1, 0.15) is 18.0 Å². The van der Waals surface area contributed by atoms with E-state index >= 15 is 0 Å². The molecule has 0 amide bonds. The van der Waals surface area contributed by atoms with Crippen molar-refractivity contribution >= 4 is 24.2 Å². The minimum absolute atomic E-state index is 0. The highest BCUT2D eigenvalue weighted by atomic mass is 35.5. The maximum absolute atomic E-state index is 5.52. The highest BCUT2D eigenvalue weighted by molar-refractivity contribution is 7.98. The summed E-state index contributed by atoms with van der Waals surface area (Å²) in [6.07, 6.45) is 2.49. The lowest BCUT2D eigenvalue weighted by Crippen LogP contribution is -2.08. The van der Waals surface area contributed by atoms with E-state index in [1.165, 1.54) is 0 Å². The molecule has 0 saturated heterocycles. The molecule has 0 saturated carbocycles. The summed E-state index contributed by atoms with van der Waals surface area (Å²) in [5.74, 6) is 2.60. The van der Waals surface area contributed by atoms with Gasteiger partial charge in [0.05, 0.1) is 5.75 Å². The number of rotatable bonds is 6. The van der Waals surface area contributed by atoms with Crippen molar-refractivity contribution in [3.63, 3.8) is 0 Å². The minimum Gasteiger partial charge on any atom is -0.330 e. The molecular formula is C10H18ClN7S. The van der Waals surface area contributed by atoms with E-state index in [4.69, 9.17) is 5.73 Å². The second-order valence-corrected chi connectivity index (χ2v) is 4.76. The topological polar surface area (TPSA) is 87.4 Å². The molecule has 0 atom stereocenters. The molecule has 0 spiro atoms. The second kappa shape index (κ2) is 7.46. The van der Waals surface area contributed by atoms with Crippen molar-refractivity contribution < 1.29 is 0 Å². The van der Waals surface area contributed by atoms with E-state index < -0.39 is 0 Å². The molecule has 2 rings (SSSR count). The zero-order valence-corrected chi connectivity index (χ0v) is 12.6. The molecule has 0 unspecified atom stereocenters. The van der Waals surface area contributed by atoms with Crippen LogP contribution >= 0.6 is 24.2 Å². The second-order valence-electron chi connectivity index (χ2n) is 3.82. The Kier molecular flexibility index (Phi) is 6.26. The predicted octanol–water partition coefficient (Wildman–Crippen LogP) is 0.642. The number of thioether (sulfide) groups is 1. The molecule has 2 aromatic heterocycles. The van der Waals surface area contributed by atoms with Gasteiger partial charge in [-0.05, 0) is 13.5 Å². The number of hydrogen-bond donors (Lipinski definition) is 1. The van der Waals surface area contributed by atoms with Gasteiger partial charge >= 0.3 is 0 Å². The summed E-state index contributed by atoms with van der Waals surface area (Å²) in [6, 6.07) is 0. The van der Waals surface area contributed by atoms with E-state index in [2.05, 4.69) is 27.3 Å². The monoisotopic (exact) mass is 303 g/mol. The summed E-state index contributed by atoms with van der Waals surface area (Å²) in [6.45, 7) is 3.53. The average molecular weight is 304 g/mol. The summed E-state index contributed by atoms with van der Waals surface area (Å²) in [5.41, 5.74) is 5.52. The molecule has 2 N–H and O–H groups in total. The lowest BCUT2D eigenvalue weighted by Gasteiger charge is -2.03. The first-order valence-corrected chi connectivity index (χ1v) is 6.82. The zero-order valence-electron chi connectivity index (χ0n) is 11.0. The minimum atomic E-state index is 0. The van der Waals surface area contributed by atoms with E-state index in [1.807, 2.05) is 16.2 Å². The van der Waals surface area contributed by atoms with Crippen LogP contribution in [-0.2, 0) is 25.8 Å². The molecule has 2 aromatic rings. The Morgan fingerprint density at radius 2 is 2.05 bits per heavy atom. The van der Waals surface area contributed by atoms with Crippen LogP contribution in [0.5, 0.6) is 0 Å². The van der Waals surface area contributed by atoms with Gasteiger partial charge in [-0.15, -0.1) is 32.8 Å². The molecular weight excluding hydrogens is 286 g/mol. The number of nitrogens with zero attached hydrogens (tertiary/aromatic N) is 6. The van der Waals surface area contributed by atoms with E-state index in [1.54, 1.807) is 18.1 Å². The zero-order chi connectivity index (χ0) is 13.0. The van der Waals surface area contributed by atoms with Crippen LogP contribution in [0.4, 0.5) is 0 Å². The Morgan fingerprint density at radius 1 is 1.26 bits per heavy atom. The van der Waals surface area contributed by atoms with E-state index in [0.717, 1.165) is 35.5 Å². The van der Waals surface area contributed by atoms with Crippen LogP contribution in [0.1, 0.15) is 18.6 Å². The Bertz CT molecular complexity index is 510. The van der Waals surface area contributed by atoms with Crippen LogP contribution in [-0.4, -0.2) is 36.1 Å². The summed E-state index contributed by atoms with van der Waals surface area (Å²) < 4.78 is 3.99. The molecule has 7 nitrogen and oxygen atoms in total. The normalized spacial score (nSPS) is 10.5. The van der Waals surface area contributed by atoms with Crippen molar-refractivity contribution in [1.82, 2.24) is 29.5 Å². The lowest BCUT2D eigenvalue weighted by atomic mass is 10.4. The third-order valence-corrected chi connectivity index (χ3v) is 3.68. The maximum atomic E-state index is 5.52. The fourth-order valence-electron chi connectivity index (χ4n) is 1.60. The Labute approximate surface area is 122 Å². The quantitative estimate of drug-likeness (QED) is 0.788. The van der Waals surface area contributed by atoms with Crippen molar-refractivity contribution in [1.29, 1.82) is 0 Å². The summed E-state index contributed by atoms with van der Waals surface area (Å²) in [5, 5.41) is 17.1. The Hall–Kier alpha value is -1.12. The van der Waals surface area contributed by atoms with Gasteiger partial charge in [0, 0.05) is 20.0 Å². The van der Waals surface area contributed by atoms with Gasteiger partial charge in [-0.3, -0.25) is 0 Å². The average Bonchev–Trinajstić information content (AvgIpc) is 2.96. The predicted molar refractivity (Wildman–Crippen MR) is 76.3 cm³/mol. The van der Waals surface area contributed by atoms with E-state index in [-0.39, 0.29) is 12.4 Å². The molecule has 0 fully saturated rings. The van der Waals surface area contributed by atoms with Gasteiger partial charge in [0.2, 0.25) is 0 Å². The molecule has 0 aliphatic carbocycles. The van der Waals surface area contributed by atoms with Crippen LogP contribution in [0.15, 0.2) is 11.5 Å². The van der Waals surface area contributed by atoms with Crippen LogP contribution in [0.3, 0.4) is 0 Å². The first-order chi connectivity index (χ1) is 8.76. The molecule has 106 valence electrons. The largest absolute Gasteiger partial charge is 0.330 e. The number of halogens is 1. The van der Waals surface area contributed by atoms with Crippen LogP contribution in [0.2, 0.25) is 0 Å². The molecule has 0 radical (unpaired) electrons. The summed E-state index contributed by atoms with van der Waals surface area (Å²) >= 11 is 1.61. The van der Waals surface area contributed by atoms with Crippen molar-refractivity contribution in [2.45, 2.75) is 30.8 Å². The van der Waals surface area contributed by atoms with Gasteiger partial charge in [-0.25, -0.2) is 0 Å². The van der Waals surface area contributed by atoms with E-state index in [9.17, 15) is 0 Å². The van der Waals surface area contributed by atoms with Gasteiger partial charge < -0.3 is 14.9 Å². The van der Waals surface area contributed by atoms with Gasteiger partial charge in [-0.2, -0.15) is 0 Å². The number of hydrogen-bond acceptors (Lipinski definition) is 6. The third kappa shape index (κ3) is 3.68. The lowest BCUT2D eigenvalue weighted by molar-refractivity contribution is 0.716. The third-order valence-electron chi connectivity index (χ3n) is 2.66. The van der Waals surface area contributed by atoms with Crippen molar-refractivity contribution in [3.8, 4) is 0 Å². The highest BCUT2D eigenvalue weighted by Gasteiger charge is 2.10. The Balaban J connectivity index is 0.00000180. The van der Waals surface area contributed by atoms with Crippen molar-refractivity contribution in [2.24, 2.45) is 12.8 Å². The number of nitrogens with two attached hydrogens (primary N) is 1. The molecule has 0 aliphatic heterocycles. The first-order valence-electron chi connectivity index (χ1n) is 5.84. The van der Waals surface area contributed by atoms with E-state index in [0.29, 0.717) is 6.54 Å². The Morgan fingerprint density at radius 3 is 2.74 bits per heavy atom. The van der Waals surface area contributed by atoms with Crippen LogP contribution < -0.4 is 5.73 Å².